The van der Waals surface area contributed by atoms with E-state index >= 15 is 0 Å². The minimum atomic E-state index is -0.242. The normalized spacial score (nSPS) is 14.0. The van der Waals surface area contributed by atoms with E-state index in [4.69, 9.17) is 4.74 Å². The van der Waals surface area contributed by atoms with E-state index < -0.39 is 0 Å². The molecule has 180 valence electrons. The Kier molecular flexibility index (Phi) is 7.12. The summed E-state index contributed by atoms with van der Waals surface area (Å²) in [4.78, 5) is 34.4. The van der Waals surface area contributed by atoms with E-state index in [1.165, 1.54) is 4.90 Å². The first kappa shape index (κ1) is 23.7. The van der Waals surface area contributed by atoms with E-state index in [-0.39, 0.29) is 24.4 Å². The molecular weight excluding hydrogens is 432 g/mol. The van der Waals surface area contributed by atoms with Crippen LogP contribution in [0.25, 0.3) is 11.0 Å². The first-order chi connectivity index (χ1) is 16.4. The van der Waals surface area contributed by atoms with Gasteiger partial charge in [0.05, 0.1) is 30.7 Å². The molecule has 3 aromatic rings. The van der Waals surface area contributed by atoms with Gasteiger partial charge in [-0.3, -0.25) is 9.59 Å². The third kappa shape index (κ3) is 5.04. The summed E-state index contributed by atoms with van der Waals surface area (Å²) in [6, 6.07) is 9.74. The number of pyridine rings is 1. The second kappa shape index (κ2) is 10.2. The van der Waals surface area contributed by atoms with Gasteiger partial charge in [-0.2, -0.15) is 5.10 Å². The number of hydrogen-bond donors (Lipinski definition) is 1. The van der Waals surface area contributed by atoms with Crippen molar-refractivity contribution in [2.45, 2.75) is 33.7 Å². The summed E-state index contributed by atoms with van der Waals surface area (Å²) in [6.45, 7) is 11.3. The fraction of sp³-hybridized carbons (Fsp3) is 0.440. The summed E-state index contributed by atoms with van der Waals surface area (Å²) in [7, 11) is 0. The van der Waals surface area contributed by atoms with Crippen LogP contribution >= 0.6 is 0 Å². The highest BCUT2D eigenvalue weighted by Crippen LogP contribution is 2.21. The maximum atomic E-state index is 13.3. The number of ether oxygens (including phenoxy) is 1. The summed E-state index contributed by atoms with van der Waals surface area (Å²) in [5.41, 5.74) is 3.67. The van der Waals surface area contributed by atoms with Crippen LogP contribution in [0.1, 0.15) is 42.9 Å². The first-order valence-corrected chi connectivity index (χ1v) is 11.7. The zero-order chi connectivity index (χ0) is 24.2. The Hall–Kier alpha value is -3.46. The zero-order valence-corrected chi connectivity index (χ0v) is 20.2. The van der Waals surface area contributed by atoms with E-state index in [0.29, 0.717) is 23.5 Å². The Morgan fingerprint density at radius 2 is 1.88 bits per heavy atom. The fourth-order valence-electron chi connectivity index (χ4n) is 4.11. The van der Waals surface area contributed by atoms with Gasteiger partial charge in [0.2, 0.25) is 5.91 Å². The molecule has 0 radical (unpaired) electrons. The molecule has 0 spiro atoms. The number of aryl methyl sites for hydroxylation is 1. The van der Waals surface area contributed by atoms with Crippen LogP contribution < -0.4 is 10.2 Å². The molecular formula is C25H32N6O3. The number of likely N-dealkylation sites (N-methyl/N-ethyl adjacent to an activating group) is 1. The third-order valence-corrected chi connectivity index (χ3v) is 6.01. The molecule has 1 N–H and O–H groups in total. The lowest BCUT2D eigenvalue weighted by Crippen LogP contribution is -2.38. The molecule has 1 aromatic carbocycles. The van der Waals surface area contributed by atoms with Gasteiger partial charge in [-0.25, -0.2) is 9.67 Å². The lowest BCUT2D eigenvalue weighted by atomic mass is 10.1. The van der Waals surface area contributed by atoms with Gasteiger partial charge < -0.3 is 19.9 Å². The molecule has 0 saturated carbocycles. The summed E-state index contributed by atoms with van der Waals surface area (Å²) < 4.78 is 7.24. The standard InChI is InChI=1S/C25H32N6O3/c1-5-29(25(33)22-14-19-15-26-31(17(2)3)24(19)27-18(22)4)16-23(32)28-20-6-8-21(9-7-20)30-10-12-34-13-11-30/h6-9,14-15,17H,5,10-13,16H2,1-4H3,(H,28,32). The number of benzene rings is 1. The Bertz CT molecular complexity index is 1170. The number of hydrogen-bond acceptors (Lipinski definition) is 6. The fourth-order valence-corrected chi connectivity index (χ4v) is 4.11. The van der Waals surface area contributed by atoms with Crippen molar-refractivity contribution in [3.63, 3.8) is 0 Å². The van der Waals surface area contributed by atoms with Crippen LogP contribution in [-0.4, -0.2) is 70.9 Å². The monoisotopic (exact) mass is 464 g/mol. The largest absolute Gasteiger partial charge is 0.378 e. The lowest BCUT2D eigenvalue weighted by molar-refractivity contribution is -0.116. The molecule has 2 amide bonds. The molecule has 3 heterocycles. The minimum absolute atomic E-state index is 0.0384. The highest BCUT2D eigenvalue weighted by atomic mass is 16.5. The quantitative estimate of drug-likeness (QED) is 0.577. The van der Waals surface area contributed by atoms with Crippen molar-refractivity contribution in [1.82, 2.24) is 19.7 Å². The van der Waals surface area contributed by atoms with Gasteiger partial charge in [-0.1, -0.05) is 0 Å². The second-order valence-corrected chi connectivity index (χ2v) is 8.73. The minimum Gasteiger partial charge on any atom is -0.378 e. The maximum Gasteiger partial charge on any atom is 0.256 e. The van der Waals surface area contributed by atoms with Crippen LogP contribution in [0.3, 0.4) is 0 Å². The first-order valence-electron chi connectivity index (χ1n) is 11.7. The molecule has 2 aromatic heterocycles. The molecule has 9 nitrogen and oxygen atoms in total. The number of amides is 2. The summed E-state index contributed by atoms with van der Waals surface area (Å²) in [5, 5.41) is 8.10. The molecule has 1 saturated heterocycles. The van der Waals surface area contributed by atoms with Crippen LogP contribution in [0, 0.1) is 6.92 Å². The Balaban J connectivity index is 1.42. The van der Waals surface area contributed by atoms with Crippen LogP contribution in [-0.2, 0) is 9.53 Å². The Morgan fingerprint density at radius 1 is 1.18 bits per heavy atom. The molecule has 0 unspecified atom stereocenters. The molecule has 0 atom stereocenters. The summed E-state index contributed by atoms with van der Waals surface area (Å²) >= 11 is 0. The van der Waals surface area contributed by atoms with Gasteiger partial charge in [0, 0.05) is 42.4 Å². The molecule has 9 heteroatoms. The Morgan fingerprint density at radius 3 is 2.53 bits per heavy atom. The topological polar surface area (TPSA) is 92.6 Å². The number of nitrogens with zero attached hydrogens (tertiary/aromatic N) is 5. The van der Waals surface area contributed by atoms with Gasteiger partial charge in [-0.05, 0) is 58.0 Å². The van der Waals surface area contributed by atoms with Crippen LogP contribution in [0.4, 0.5) is 11.4 Å². The van der Waals surface area contributed by atoms with Gasteiger partial charge in [0.1, 0.15) is 6.54 Å². The van der Waals surface area contributed by atoms with Crippen molar-refractivity contribution in [3.05, 3.63) is 47.8 Å². The van der Waals surface area contributed by atoms with Crippen molar-refractivity contribution in [2.24, 2.45) is 0 Å². The van der Waals surface area contributed by atoms with E-state index in [9.17, 15) is 9.59 Å². The number of carbonyl (C=O) groups excluding carboxylic acids is 2. The van der Waals surface area contributed by atoms with E-state index in [1.54, 1.807) is 6.20 Å². The zero-order valence-electron chi connectivity index (χ0n) is 20.2. The van der Waals surface area contributed by atoms with Crippen LogP contribution in [0.15, 0.2) is 36.5 Å². The number of morpholine rings is 1. The summed E-state index contributed by atoms with van der Waals surface area (Å²) in [5.74, 6) is -0.460. The lowest BCUT2D eigenvalue weighted by Gasteiger charge is -2.29. The van der Waals surface area contributed by atoms with Crippen molar-refractivity contribution in [2.75, 3.05) is 49.6 Å². The van der Waals surface area contributed by atoms with Gasteiger partial charge in [0.25, 0.3) is 5.91 Å². The van der Waals surface area contributed by atoms with Crippen LogP contribution in [0.5, 0.6) is 0 Å². The molecule has 1 aliphatic rings. The smallest absolute Gasteiger partial charge is 0.256 e. The van der Waals surface area contributed by atoms with Gasteiger partial charge >= 0.3 is 0 Å². The van der Waals surface area contributed by atoms with Gasteiger partial charge in [0.15, 0.2) is 5.65 Å². The Labute approximate surface area is 199 Å². The molecule has 1 aliphatic heterocycles. The maximum absolute atomic E-state index is 13.3. The predicted octanol–water partition coefficient (Wildman–Crippen LogP) is 3.26. The van der Waals surface area contributed by atoms with Crippen molar-refractivity contribution in [1.29, 1.82) is 0 Å². The second-order valence-electron chi connectivity index (χ2n) is 8.73. The van der Waals surface area contributed by atoms with E-state index in [0.717, 1.165) is 43.0 Å². The highest BCUT2D eigenvalue weighted by molar-refractivity contribution is 6.01. The predicted molar refractivity (Wildman–Crippen MR) is 132 cm³/mol. The number of aromatic nitrogens is 3. The highest BCUT2D eigenvalue weighted by Gasteiger charge is 2.22. The number of rotatable bonds is 7. The number of nitrogens with one attached hydrogen (secondary N) is 1. The average molecular weight is 465 g/mol. The van der Waals surface area contributed by atoms with Crippen LogP contribution in [0.2, 0.25) is 0 Å². The van der Waals surface area contributed by atoms with Crippen molar-refractivity contribution < 1.29 is 14.3 Å². The molecule has 1 fully saturated rings. The summed E-state index contributed by atoms with van der Waals surface area (Å²) in [6.07, 6.45) is 1.72. The third-order valence-electron chi connectivity index (χ3n) is 6.01. The van der Waals surface area contributed by atoms with Crippen molar-refractivity contribution >= 4 is 34.2 Å². The molecule has 0 bridgehead atoms. The van der Waals surface area contributed by atoms with E-state index in [1.807, 2.05) is 62.7 Å². The molecule has 4 rings (SSSR count). The average Bonchev–Trinajstić information content (AvgIpc) is 3.25. The van der Waals surface area contributed by atoms with Gasteiger partial charge in [-0.15, -0.1) is 0 Å². The number of carbonyl (C=O) groups is 2. The molecule has 34 heavy (non-hydrogen) atoms. The van der Waals surface area contributed by atoms with Crippen molar-refractivity contribution in [3.8, 4) is 0 Å². The molecule has 0 aliphatic carbocycles. The number of anilines is 2. The van der Waals surface area contributed by atoms with E-state index in [2.05, 4.69) is 20.3 Å². The number of fused-ring (bicyclic) bond motifs is 1. The SMILES string of the molecule is CCN(CC(=O)Nc1ccc(N2CCOCC2)cc1)C(=O)c1cc2cnn(C(C)C)c2nc1C.